The topological polar surface area (TPSA) is 72.0 Å². The van der Waals surface area contributed by atoms with Gasteiger partial charge in [0.25, 0.3) is 5.91 Å². The van der Waals surface area contributed by atoms with E-state index in [4.69, 9.17) is 0 Å². The van der Waals surface area contributed by atoms with E-state index in [9.17, 15) is 18.4 Å². The maximum atomic E-state index is 15.0. The van der Waals surface area contributed by atoms with Crippen LogP contribution in [0.15, 0.2) is 60.8 Å². The first-order valence-corrected chi connectivity index (χ1v) is 9.16. The number of fused-ring (bicyclic) bond motifs is 1. The van der Waals surface area contributed by atoms with Crippen molar-refractivity contribution >= 4 is 28.4 Å². The Morgan fingerprint density at radius 2 is 1.71 bits per heavy atom. The van der Waals surface area contributed by atoms with Crippen LogP contribution < -0.4 is 5.32 Å². The van der Waals surface area contributed by atoms with Crippen molar-refractivity contribution in [1.82, 2.24) is 9.97 Å². The molecule has 1 amide bonds. The molecule has 8 heteroatoms. The van der Waals surface area contributed by atoms with Crippen LogP contribution in [0.3, 0.4) is 0 Å². The van der Waals surface area contributed by atoms with Gasteiger partial charge in [-0.1, -0.05) is 6.07 Å². The van der Waals surface area contributed by atoms with Gasteiger partial charge in [0.2, 0.25) is 0 Å². The molecule has 5 nitrogen and oxygen atoms in total. The number of halogens is 3. The first-order valence-electron chi connectivity index (χ1n) is 9.16. The van der Waals surface area contributed by atoms with Crippen LogP contribution in [0, 0.1) is 24.4 Å². The summed E-state index contributed by atoms with van der Waals surface area (Å²) in [4.78, 5) is 33.6. The summed E-state index contributed by atoms with van der Waals surface area (Å²) in [6, 6.07) is 11.0. The smallest absolute Gasteiger partial charge is 0.255 e. The molecule has 0 radical (unpaired) electrons. The lowest BCUT2D eigenvalue weighted by Crippen LogP contribution is -2.16. The highest BCUT2D eigenvalue weighted by Gasteiger charge is 2.23. The summed E-state index contributed by atoms with van der Waals surface area (Å²) in [6.07, 6.45) is 1.56. The molecule has 1 aromatic heterocycles. The number of amides is 1. The van der Waals surface area contributed by atoms with Gasteiger partial charge in [-0.2, -0.15) is 0 Å². The Balaban J connectivity index is 1.70. The monoisotopic (exact) mass is 421 g/mol. The van der Waals surface area contributed by atoms with Gasteiger partial charge < -0.3 is 5.32 Å². The summed E-state index contributed by atoms with van der Waals surface area (Å²) in [5.41, 5.74) is 0.282. The Labute approximate surface area is 174 Å². The van der Waals surface area contributed by atoms with Crippen molar-refractivity contribution in [1.29, 1.82) is 0 Å². The predicted molar refractivity (Wildman–Crippen MR) is 108 cm³/mol. The molecule has 0 spiro atoms. The molecule has 31 heavy (non-hydrogen) atoms. The molecule has 0 fully saturated rings. The third kappa shape index (κ3) is 4.00. The lowest BCUT2D eigenvalue weighted by atomic mass is 10.0. The van der Waals surface area contributed by atoms with Gasteiger partial charge >= 0.3 is 0 Å². The third-order valence-electron chi connectivity index (χ3n) is 4.58. The van der Waals surface area contributed by atoms with Gasteiger partial charge in [0.15, 0.2) is 11.6 Å². The van der Waals surface area contributed by atoms with E-state index in [2.05, 4.69) is 15.3 Å². The van der Waals surface area contributed by atoms with Gasteiger partial charge in [-0.15, -0.1) is 0 Å². The molecule has 0 atom stereocenters. The minimum Gasteiger partial charge on any atom is -0.319 e. The van der Waals surface area contributed by atoms with Crippen LogP contribution in [0.4, 0.5) is 18.9 Å². The summed E-state index contributed by atoms with van der Waals surface area (Å²) in [5, 5.41) is 2.24. The Hall–Kier alpha value is -4.07. The molecule has 0 bridgehead atoms. The number of ketones is 1. The highest BCUT2D eigenvalue weighted by Crippen LogP contribution is 2.25. The number of aryl methyl sites for hydroxylation is 1. The molecule has 4 aromatic rings. The van der Waals surface area contributed by atoms with Gasteiger partial charge in [-0.3, -0.25) is 14.6 Å². The average Bonchev–Trinajstić information content (AvgIpc) is 2.75. The number of carbonyl (C=O) groups is 2. The van der Waals surface area contributed by atoms with Crippen molar-refractivity contribution in [3.05, 3.63) is 101 Å². The number of carbonyl (C=O) groups excluding carboxylic acids is 2. The second-order valence-corrected chi connectivity index (χ2v) is 6.79. The van der Waals surface area contributed by atoms with Gasteiger partial charge in [0.1, 0.15) is 11.6 Å². The first kappa shape index (κ1) is 20.2. The molecular weight excluding hydrogens is 407 g/mol. The second kappa shape index (κ2) is 7.98. The standard InChI is InChI=1S/C23H14F3N3O2/c1-12-11-27-17-7-5-13(10-19(17)28-12)22(30)20-16(25)6-8-18(21(20)26)29-23(31)14-3-2-4-15(24)9-14/h2-11H,1H3,(H,29,31). The zero-order valence-electron chi connectivity index (χ0n) is 16.1. The van der Waals surface area contributed by atoms with Crippen molar-refractivity contribution in [2.24, 2.45) is 0 Å². The number of benzene rings is 3. The van der Waals surface area contributed by atoms with Gasteiger partial charge in [0, 0.05) is 17.3 Å². The van der Waals surface area contributed by atoms with Crippen molar-refractivity contribution in [3.8, 4) is 0 Å². The predicted octanol–water partition coefficient (Wildman–Crippen LogP) is 4.84. The number of hydrogen-bond acceptors (Lipinski definition) is 4. The Morgan fingerprint density at radius 3 is 2.48 bits per heavy atom. The van der Waals surface area contributed by atoms with Crippen LogP contribution in [0.1, 0.15) is 32.0 Å². The summed E-state index contributed by atoms with van der Waals surface area (Å²) in [6.45, 7) is 1.73. The molecule has 0 unspecified atom stereocenters. The molecule has 3 aromatic carbocycles. The van der Waals surface area contributed by atoms with E-state index < -0.39 is 40.4 Å². The second-order valence-electron chi connectivity index (χ2n) is 6.79. The Kier molecular flexibility index (Phi) is 5.21. The molecule has 0 aliphatic rings. The minimum absolute atomic E-state index is 0.0128. The van der Waals surface area contributed by atoms with Crippen LogP contribution in [0.2, 0.25) is 0 Å². The maximum Gasteiger partial charge on any atom is 0.255 e. The van der Waals surface area contributed by atoms with Crippen LogP contribution in [-0.4, -0.2) is 21.7 Å². The zero-order valence-corrected chi connectivity index (χ0v) is 16.1. The van der Waals surface area contributed by atoms with Crippen LogP contribution >= 0.6 is 0 Å². The van der Waals surface area contributed by atoms with Crippen molar-refractivity contribution in [3.63, 3.8) is 0 Å². The van der Waals surface area contributed by atoms with Gasteiger partial charge in [-0.25, -0.2) is 18.2 Å². The fourth-order valence-corrected chi connectivity index (χ4v) is 3.07. The van der Waals surface area contributed by atoms with E-state index >= 15 is 4.39 Å². The molecule has 4 rings (SSSR count). The van der Waals surface area contributed by atoms with Crippen molar-refractivity contribution in [2.75, 3.05) is 5.32 Å². The summed E-state index contributed by atoms with van der Waals surface area (Å²) >= 11 is 0. The lowest BCUT2D eigenvalue weighted by molar-refractivity contribution is 0.101. The summed E-state index contributed by atoms with van der Waals surface area (Å²) in [5.74, 6) is -4.67. The molecule has 154 valence electrons. The highest BCUT2D eigenvalue weighted by molar-refractivity contribution is 6.12. The molecule has 0 saturated carbocycles. The number of hydrogen-bond donors (Lipinski definition) is 1. The van der Waals surface area contributed by atoms with E-state index in [1.165, 1.54) is 30.3 Å². The fourth-order valence-electron chi connectivity index (χ4n) is 3.07. The van der Waals surface area contributed by atoms with Crippen LogP contribution in [0.25, 0.3) is 11.0 Å². The fraction of sp³-hybridized carbons (Fsp3) is 0.0435. The maximum absolute atomic E-state index is 15.0. The Bertz CT molecular complexity index is 1360. The largest absolute Gasteiger partial charge is 0.319 e. The Morgan fingerprint density at radius 1 is 0.903 bits per heavy atom. The highest BCUT2D eigenvalue weighted by atomic mass is 19.1. The molecule has 1 heterocycles. The normalized spacial score (nSPS) is 10.8. The van der Waals surface area contributed by atoms with E-state index in [1.54, 1.807) is 13.1 Å². The molecular formula is C23H14F3N3O2. The van der Waals surface area contributed by atoms with E-state index in [1.807, 2.05) is 0 Å². The average molecular weight is 421 g/mol. The van der Waals surface area contributed by atoms with E-state index in [0.29, 0.717) is 16.7 Å². The van der Waals surface area contributed by atoms with Crippen molar-refractivity contribution < 1.29 is 22.8 Å². The number of rotatable bonds is 4. The van der Waals surface area contributed by atoms with Crippen LogP contribution in [-0.2, 0) is 0 Å². The van der Waals surface area contributed by atoms with E-state index in [0.717, 1.165) is 24.3 Å². The molecule has 0 aliphatic carbocycles. The van der Waals surface area contributed by atoms with Gasteiger partial charge in [0.05, 0.1) is 28.0 Å². The molecule has 1 N–H and O–H groups in total. The van der Waals surface area contributed by atoms with Gasteiger partial charge in [-0.05, 0) is 55.5 Å². The third-order valence-corrected chi connectivity index (χ3v) is 4.58. The van der Waals surface area contributed by atoms with Crippen LogP contribution in [0.5, 0.6) is 0 Å². The number of anilines is 1. The minimum atomic E-state index is -1.23. The number of aromatic nitrogens is 2. The van der Waals surface area contributed by atoms with E-state index in [-0.39, 0.29) is 11.1 Å². The number of nitrogens with one attached hydrogen (secondary N) is 1. The quantitative estimate of drug-likeness (QED) is 0.479. The molecule has 0 saturated heterocycles. The first-order chi connectivity index (χ1) is 14.8. The lowest BCUT2D eigenvalue weighted by Gasteiger charge is -2.11. The molecule has 0 aliphatic heterocycles. The number of nitrogens with zero attached hydrogens (tertiary/aromatic N) is 2. The summed E-state index contributed by atoms with van der Waals surface area (Å²) in [7, 11) is 0. The summed E-state index contributed by atoms with van der Waals surface area (Å²) < 4.78 is 42.8. The van der Waals surface area contributed by atoms with Crippen molar-refractivity contribution in [2.45, 2.75) is 6.92 Å². The zero-order chi connectivity index (χ0) is 22.1. The SMILES string of the molecule is Cc1cnc2ccc(C(=O)c3c(F)ccc(NC(=O)c4cccc(F)c4)c3F)cc2n1.